The number of hydrogen-bond donors (Lipinski definition) is 1. The molecule has 1 unspecified atom stereocenters. The fourth-order valence-corrected chi connectivity index (χ4v) is 1.15. The van der Waals surface area contributed by atoms with E-state index < -0.39 is 0 Å². The molecule has 1 nitrogen and oxygen atoms in total. The van der Waals surface area contributed by atoms with Gasteiger partial charge in [0.15, 0.2) is 0 Å². The van der Waals surface area contributed by atoms with E-state index in [1.807, 2.05) is 0 Å². The third-order valence-electron chi connectivity index (χ3n) is 2.39. The van der Waals surface area contributed by atoms with Crippen molar-refractivity contribution in [3.05, 3.63) is 0 Å². The highest BCUT2D eigenvalue weighted by Crippen LogP contribution is 2.24. The normalized spacial score (nSPS) is 31.7. The van der Waals surface area contributed by atoms with Crippen LogP contribution in [0.15, 0.2) is 0 Å². The minimum Gasteiger partial charge on any atom is -0.312 e. The Morgan fingerprint density at radius 3 is 2.11 bits per heavy atom. The van der Waals surface area contributed by atoms with Gasteiger partial charge in [0.1, 0.15) is 0 Å². The SMILES string of the molecule is CC1CCNC1(C)C.Cl. The van der Waals surface area contributed by atoms with Gasteiger partial charge >= 0.3 is 0 Å². The van der Waals surface area contributed by atoms with Gasteiger partial charge in [0.25, 0.3) is 0 Å². The van der Waals surface area contributed by atoms with E-state index in [1.165, 1.54) is 13.0 Å². The average molecular weight is 150 g/mol. The zero-order chi connectivity index (χ0) is 6.20. The van der Waals surface area contributed by atoms with Crippen molar-refractivity contribution in [1.29, 1.82) is 0 Å². The third kappa shape index (κ3) is 1.84. The lowest BCUT2D eigenvalue weighted by Crippen LogP contribution is -2.36. The fraction of sp³-hybridized carbons (Fsp3) is 1.00. The maximum absolute atomic E-state index is 3.45. The summed E-state index contributed by atoms with van der Waals surface area (Å²) in [6, 6.07) is 0. The Bertz CT molecular complexity index is 90.9. The molecule has 1 aliphatic heterocycles. The van der Waals surface area contributed by atoms with E-state index in [9.17, 15) is 0 Å². The van der Waals surface area contributed by atoms with Crippen molar-refractivity contribution in [1.82, 2.24) is 5.32 Å². The Morgan fingerprint density at radius 2 is 2.00 bits per heavy atom. The molecule has 0 radical (unpaired) electrons. The van der Waals surface area contributed by atoms with Crippen LogP contribution in [0.25, 0.3) is 0 Å². The predicted octanol–water partition coefficient (Wildman–Crippen LogP) is 1.82. The van der Waals surface area contributed by atoms with Gasteiger partial charge in [0.05, 0.1) is 0 Å². The molecule has 0 amide bonds. The van der Waals surface area contributed by atoms with Crippen LogP contribution in [0.5, 0.6) is 0 Å². The lowest BCUT2D eigenvalue weighted by molar-refractivity contribution is 0.358. The number of hydrogen-bond acceptors (Lipinski definition) is 1. The molecule has 0 aromatic rings. The quantitative estimate of drug-likeness (QED) is 0.554. The summed E-state index contributed by atoms with van der Waals surface area (Å²) in [6.07, 6.45) is 1.34. The van der Waals surface area contributed by atoms with Crippen molar-refractivity contribution in [3.8, 4) is 0 Å². The maximum atomic E-state index is 3.45. The monoisotopic (exact) mass is 149 g/mol. The van der Waals surface area contributed by atoms with Crippen LogP contribution < -0.4 is 5.32 Å². The second-order valence-corrected chi connectivity index (χ2v) is 3.34. The number of halogens is 1. The smallest absolute Gasteiger partial charge is 0.0151 e. The van der Waals surface area contributed by atoms with Crippen molar-refractivity contribution >= 4 is 12.4 Å². The second kappa shape index (κ2) is 2.89. The first-order valence-corrected chi connectivity index (χ1v) is 3.38. The molecule has 1 heterocycles. The van der Waals surface area contributed by atoms with Crippen molar-refractivity contribution < 1.29 is 0 Å². The fourth-order valence-electron chi connectivity index (χ4n) is 1.15. The molecule has 9 heavy (non-hydrogen) atoms. The summed E-state index contributed by atoms with van der Waals surface area (Å²) in [5.41, 5.74) is 0.403. The molecule has 0 aliphatic carbocycles. The first kappa shape index (κ1) is 9.25. The molecular formula is C7H16ClN. The van der Waals surface area contributed by atoms with Crippen molar-refractivity contribution in [2.75, 3.05) is 6.54 Å². The summed E-state index contributed by atoms with van der Waals surface area (Å²) in [6.45, 7) is 8.05. The predicted molar refractivity (Wildman–Crippen MR) is 43.1 cm³/mol. The zero-order valence-corrected chi connectivity index (χ0v) is 7.22. The van der Waals surface area contributed by atoms with E-state index in [-0.39, 0.29) is 12.4 Å². The standard InChI is InChI=1S/C7H15N.ClH/c1-6-4-5-8-7(6,2)3;/h6,8H,4-5H2,1-3H3;1H. The van der Waals surface area contributed by atoms with Crippen LogP contribution in [-0.4, -0.2) is 12.1 Å². The maximum Gasteiger partial charge on any atom is 0.0151 e. The molecule has 0 saturated carbocycles. The van der Waals surface area contributed by atoms with Crippen molar-refractivity contribution in [2.45, 2.75) is 32.7 Å². The van der Waals surface area contributed by atoms with E-state index in [0.717, 1.165) is 5.92 Å². The van der Waals surface area contributed by atoms with E-state index >= 15 is 0 Å². The summed E-state index contributed by atoms with van der Waals surface area (Å²) < 4.78 is 0. The zero-order valence-electron chi connectivity index (χ0n) is 6.40. The van der Waals surface area contributed by atoms with Gasteiger partial charge < -0.3 is 5.32 Å². The van der Waals surface area contributed by atoms with Crippen LogP contribution in [0.1, 0.15) is 27.2 Å². The van der Waals surface area contributed by atoms with Gasteiger partial charge in [-0.25, -0.2) is 0 Å². The summed E-state index contributed by atoms with van der Waals surface area (Å²) in [5, 5.41) is 3.45. The minimum atomic E-state index is 0. The Morgan fingerprint density at radius 1 is 1.44 bits per heavy atom. The highest BCUT2D eigenvalue weighted by molar-refractivity contribution is 5.85. The molecule has 0 aromatic carbocycles. The summed E-state index contributed by atoms with van der Waals surface area (Å²) >= 11 is 0. The molecule has 1 aliphatic rings. The van der Waals surface area contributed by atoms with Gasteiger partial charge in [-0.3, -0.25) is 0 Å². The molecule has 0 spiro atoms. The van der Waals surface area contributed by atoms with E-state index in [2.05, 4.69) is 26.1 Å². The van der Waals surface area contributed by atoms with Gasteiger partial charge in [0, 0.05) is 5.54 Å². The van der Waals surface area contributed by atoms with Crippen LogP contribution in [0.3, 0.4) is 0 Å². The average Bonchev–Trinajstić information content (AvgIpc) is 1.86. The van der Waals surface area contributed by atoms with E-state index in [0.29, 0.717) is 5.54 Å². The van der Waals surface area contributed by atoms with Crippen molar-refractivity contribution in [3.63, 3.8) is 0 Å². The van der Waals surface area contributed by atoms with Gasteiger partial charge in [-0.15, -0.1) is 12.4 Å². The summed E-state index contributed by atoms with van der Waals surface area (Å²) in [5.74, 6) is 0.850. The minimum absolute atomic E-state index is 0. The molecular weight excluding hydrogens is 134 g/mol. The Balaban J connectivity index is 0.000000640. The van der Waals surface area contributed by atoms with E-state index in [4.69, 9.17) is 0 Å². The highest BCUT2D eigenvalue weighted by atomic mass is 35.5. The second-order valence-electron chi connectivity index (χ2n) is 3.34. The van der Waals surface area contributed by atoms with Gasteiger partial charge in [-0.2, -0.15) is 0 Å². The molecule has 56 valence electrons. The largest absolute Gasteiger partial charge is 0.312 e. The molecule has 1 saturated heterocycles. The Hall–Kier alpha value is 0.250. The molecule has 1 rings (SSSR count). The molecule has 0 aromatic heterocycles. The first-order chi connectivity index (χ1) is 3.63. The lowest BCUT2D eigenvalue weighted by atomic mass is 9.91. The summed E-state index contributed by atoms with van der Waals surface area (Å²) in [7, 11) is 0. The first-order valence-electron chi connectivity index (χ1n) is 3.38. The van der Waals surface area contributed by atoms with Gasteiger partial charge in [-0.05, 0) is 32.7 Å². The van der Waals surface area contributed by atoms with Crippen LogP contribution in [0.4, 0.5) is 0 Å². The Kier molecular flexibility index (Phi) is 2.97. The van der Waals surface area contributed by atoms with Crippen LogP contribution >= 0.6 is 12.4 Å². The van der Waals surface area contributed by atoms with Gasteiger partial charge in [-0.1, -0.05) is 6.92 Å². The molecule has 0 bridgehead atoms. The molecule has 2 heteroatoms. The van der Waals surface area contributed by atoms with Crippen molar-refractivity contribution in [2.24, 2.45) is 5.92 Å². The molecule has 1 N–H and O–H groups in total. The van der Waals surface area contributed by atoms with Gasteiger partial charge in [0.2, 0.25) is 0 Å². The lowest BCUT2D eigenvalue weighted by Gasteiger charge is -2.23. The van der Waals surface area contributed by atoms with Crippen LogP contribution in [0, 0.1) is 5.92 Å². The number of nitrogens with one attached hydrogen (secondary N) is 1. The van der Waals surface area contributed by atoms with E-state index in [1.54, 1.807) is 0 Å². The van der Waals surface area contributed by atoms with Crippen LogP contribution in [-0.2, 0) is 0 Å². The van der Waals surface area contributed by atoms with Crippen LogP contribution in [0.2, 0.25) is 0 Å². The Labute approximate surface area is 63.6 Å². The topological polar surface area (TPSA) is 12.0 Å². The third-order valence-corrected chi connectivity index (χ3v) is 2.39. The molecule has 1 atom stereocenters. The highest BCUT2D eigenvalue weighted by Gasteiger charge is 2.29. The number of rotatable bonds is 0. The molecule has 1 fully saturated rings. The summed E-state index contributed by atoms with van der Waals surface area (Å²) in [4.78, 5) is 0.